The third-order valence-electron chi connectivity index (χ3n) is 14.2. The normalized spacial score (nSPS) is 33.7. The van der Waals surface area contributed by atoms with Crippen molar-refractivity contribution in [2.45, 2.75) is 197 Å². The third kappa shape index (κ3) is 17.2. The van der Waals surface area contributed by atoms with Crippen LogP contribution in [0.4, 0.5) is 0 Å². The van der Waals surface area contributed by atoms with E-state index in [2.05, 4.69) is 9.97 Å². The second-order valence-corrected chi connectivity index (χ2v) is 23.3. The standard InChI is InChI=1S/C27H42N2O5S.C27H41NO6S/c1-15-9-8-10-16(2)24(32)18(4)26(33)27(6,7)22(30)13-23(31)34-25(21(28)11-15)17(3)12-20-14-35-19(5)29-20;1-15-9-8-10-16(2)24(32)18(4)26(33)27(6,7)22(30)13-23(31)34-25(21(29)11-15)17(3)12-20-14-35-19(5)28-20/h11-12,14,16,18,21-22,24-25,30,32H,8-10,13,28H2,1-7H3;11-12,14,16,18,21-22,24-25,29-30,32H,8-10,13H2,1-7H3/b2*15-11-,17-12+. The summed E-state index contributed by atoms with van der Waals surface area (Å²) < 4.78 is 11.5. The lowest BCUT2D eigenvalue weighted by Crippen LogP contribution is -2.46. The molecule has 2 aliphatic heterocycles. The van der Waals surface area contributed by atoms with Crippen molar-refractivity contribution < 1.29 is 54.2 Å². The Morgan fingerprint density at radius 3 is 1.40 bits per heavy atom. The number of allylic oxidation sites excluding steroid dienone is 2. The number of aryl methyl sites for hydroxylation is 2. The molecule has 12 unspecified atom stereocenters. The first-order valence-corrected chi connectivity index (χ1v) is 26.4. The average Bonchev–Trinajstić information content (AvgIpc) is 3.90. The largest absolute Gasteiger partial charge is 0.456 e. The third-order valence-corrected chi connectivity index (χ3v) is 15.7. The van der Waals surface area contributed by atoms with E-state index >= 15 is 0 Å². The van der Waals surface area contributed by atoms with Gasteiger partial charge in [-0.05, 0) is 115 Å². The lowest BCUT2D eigenvalue weighted by molar-refractivity contribution is -0.157. The molecule has 7 N–H and O–H groups in total. The second-order valence-electron chi connectivity index (χ2n) is 21.2. The van der Waals surface area contributed by atoms with E-state index < -0.39 is 89.8 Å². The number of thiazole rings is 2. The minimum atomic E-state index is -1.30. The highest BCUT2D eigenvalue weighted by Crippen LogP contribution is 2.35. The van der Waals surface area contributed by atoms with Gasteiger partial charge in [0.15, 0.2) is 6.10 Å². The lowest BCUT2D eigenvalue weighted by atomic mass is 9.73. The SMILES string of the molecule is C/C1=C/C(N)C(/C(C)=C/c2csc(C)n2)OC(=O)CC(O)C(C)(C)C(=O)C(C)C(O)C(C)CCC1.C/C1=C/C(O)C(/C(C)=C/c2csc(C)n2)OC(=O)CC(O)C(C)(C)C(=O)C(C)C(O)C(C)CCC1. The number of aromatic nitrogens is 2. The quantitative estimate of drug-likeness (QED) is 0.125. The van der Waals surface area contributed by atoms with Crippen LogP contribution in [0.5, 0.6) is 0 Å². The average molecular weight is 1010 g/mol. The molecule has 16 heteroatoms. The summed E-state index contributed by atoms with van der Waals surface area (Å²) in [6.45, 7) is 24.9. The Morgan fingerprint density at radius 1 is 0.643 bits per heavy atom. The Kier molecular flexibility index (Phi) is 23.2. The summed E-state index contributed by atoms with van der Waals surface area (Å²) in [5, 5.41) is 59.9. The summed E-state index contributed by atoms with van der Waals surface area (Å²) in [6, 6.07) is -0.586. The predicted molar refractivity (Wildman–Crippen MR) is 277 cm³/mol. The number of ketones is 2. The molecule has 0 spiro atoms. The molecule has 0 aliphatic carbocycles. The van der Waals surface area contributed by atoms with Gasteiger partial charge >= 0.3 is 11.9 Å². The van der Waals surface area contributed by atoms with Crippen molar-refractivity contribution in [3.8, 4) is 0 Å². The number of cyclic esters (lactones) is 2. The maximum Gasteiger partial charge on any atom is 0.309 e. The molecular formula is C54H83N3O11S2. The van der Waals surface area contributed by atoms with Gasteiger partial charge in [-0.15, -0.1) is 22.7 Å². The van der Waals surface area contributed by atoms with Crippen molar-refractivity contribution in [2.24, 2.45) is 40.2 Å². The molecule has 0 radical (unpaired) electrons. The molecule has 4 rings (SSSR count). The number of nitrogens with zero attached hydrogens (tertiary/aromatic N) is 2. The number of nitrogens with two attached hydrogens (primary N) is 1. The first-order valence-electron chi connectivity index (χ1n) is 24.7. The van der Waals surface area contributed by atoms with Crippen molar-refractivity contribution in [1.29, 1.82) is 0 Å². The topological polar surface area (TPSA) is 240 Å². The van der Waals surface area contributed by atoms with Crippen molar-refractivity contribution in [1.82, 2.24) is 9.97 Å². The highest BCUT2D eigenvalue weighted by Gasteiger charge is 2.44. The molecule has 0 amide bonds. The maximum atomic E-state index is 13.2. The molecule has 0 fully saturated rings. The van der Waals surface area contributed by atoms with Gasteiger partial charge in [0.1, 0.15) is 23.8 Å². The lowest BCUT2D eigenvalue weighted by Gasteiger charge is -2.34. The van der Waals surface area contributed by atoms with E-state index in [1.54, 1.807) is 60.6 Å². The Morgan fingerprint density at radius 2 is 1.01 bits per heavy atom. The maximum absolute atomic E-state index is 13.2. The van der Waals surface area contributed by atoms with Gasteiger partial charge in [0, 0.05) is 22.6 Å². The van der Waals surface area contributed by atoms with Crippen LogP contribution in [-0.2, 0) is 28.7 Å². The molecule has 12 atom stereocenters. The molecule has 392 valence electrons. The zero-order valence-electron chi connectivity index (χ0n) is 44.0. The number of aliphatic hydroxyl groups is 5. The number of hydrogen-bond acceptors (Lipinski definition) is 16. The van der Waals surface area contributed by atoms with Crippen molar-refractivity contribution >= 4 is 58.3 Å². The Bertz CT molecular complexity index is 2050. The molecule has 0 aromatic carbocycles. The van der Waals surface area contributed by atoms with E-state index in [1.165, 1.54) is 22.7 Å². The van der Waals surface area contributed by atoms with Gasteiger partial charge in [-0.3, -0.25) is 19.2 Å². The van der Waals surface area contributed by atoms with Crippen molar-refractivity contribution in [3.63, 3.8) is 0 Å². The molecular weight excluding hydrogens is 931 g/mol. The fourth-order valence-electron chi connectivity index (χ4n) is 9.14. The van der Waals surface area contributed by atoms with Gasteiger partial charge in [-0.1, -0.05) is 78.7 Å². The van der Waals surface area contributed by atoms with Crippen LogP contribution in [-0.4, -0.2) is 108 Å². The van der Waals surface area contributed by atoms with E-state index in [0.29, 0.717) is 18.4 Å². The van der Waals surface area contributed by atoms with Gasteiger partial charge < -0.3 is 40.7 Å². The summed E-state index contributed by atoms with van der Waals surface area (Å²) >= 11 is 3.03. The molecule has 2 aromatic rings. The fourth-order valence-corrected chi connectivity index (χ4v) is 10.3. The molecule has 4 heterocycles. The van der Waals surface area contributed by atoms with Crippen LogP contribution in [0, 0.1) is 48.3 Å². The van der Waals surface area contributed by atoms with E-state index in [-0.39, 0.29) is 29.8 Å². The number of aliphatic hydroxyl groups excluding tert-OH is 5. The summed E-state index contributed by atoms with van der Waals surface area (Å²) in [6.07, 6.45) is 4.01. The summed E-state index contributed by atoms with van der Waals surface area (Å²) in [5.74, 6) is -3.47. The number of rotatable bonds is 4. The van der Waals surface area contributed by atoms with Gasteiger partial charge in [0.2, 0.25) is 0 Å². The van der Waals surface area contributed by atoms with Crippen LogP contribution in [0.25, 0.3) is 12.2 Å². The number of hydrogen-bond donors (Lipinski definition) is 6. The zero-order valence-corrected chi connectivity index (χ0v) is 45.7. The Labute approximate surface area is 424 Å². The first-order chi connectivity index (χ1) is 32.5. The minimum absolute atomic E-state index is 0.0827. The number of carbonyl (C=O) groups excluding carboxylic acids is 4. The van der Waals surface area contributed by atoms with Crippen LogP contribution in [0.15, 0.2) is 45.2 Å². The number of ether oxygens (including phenoxy) is 2. The van der Waals surface area contributed by atoms with Gasteiger partial charge in [0.05, 0.1) is 75.5 Å². The molecule has 2 aromatic heterocycles. The number of esters is 2. The Balaban J connectivity index is 0.000000370. The number of Topliss-reactive ketones (excluding diaryl/α,β-unsaturated/α-hetero) is 2. The Hall–Kier alpha value is -3.74. The number of carbonyl (C=O) groups is 4. The molecule has 0 saturated heterocycles. The van der Waals surface area contributed by atoms with Crippen LogP contribution in [0.2, 0.25) is 0 Å². The highest BCUT2D eigenvalue weighted by atomic mass is 32.1. The van der Waals surface area contributed by atoms with Gasteiger partial charge in [-0.25, -0.2) is 9.97 Å². The molecule has 2 aliphatic rings. The van der Waals surface area contributed by atoms with E-state index in [4.69, 9.17) is 15.2 Å². The molecule has 0 saturated carbocycles. The van der Waals surface area contributed by atoms with Gasteiger partial charge in [-0.2, -0.15) is 0 Å². The summed E-state index contributed by atoms with van der Waals surface area (Å²) in [7, 11) is 0. The second kappa shape index (κ2) is 26.8. The van der Waals surface area contributed by atoms with Crippen molar-refractivity contribution in [2.75, 3.05) is 0 Å². The molecule has 14 nitrogen and oxygen atoms in total. The zero-order chi connectivity index (χ0) is 53.0. The van der Waals surface area contributed by atoms with Crippen LogP contribution in [0.1, 0.15) is 156 Å². The van der Waals surface area contributed by atoms with Crippen LogP contribution < -0.4 is 5.73 Å². The van der Waals surface area contributed by atoms with E-state index in [1.807, 2.05) is 71.4 Å². The van der Waals surface area contributed by atoms with Crippen molar-refractivity contribution in [3.05, 3.63) is 66.6 Å². The van der Waals surface area contributed by atoms with E-state index in [9.17, 15) is 44.7 Å². The van der Waals surface area contributed by atoms with E-state index in [0.717, 1.165) is 63.8 Å². The first kappa shape index (κ1) is 60.6. The highest BCUT2D eigenvalue weighted by molar-refractivity contribution is 7.09. The smallest absolute Gasteiger partial charge is 0.309 e. The van der Waals surface area contributed by atoms with Gasteiger partial charge in [0.25, 0.3) is 0 Å². The molecule has 70 heavy (non-hydrogen) atoms. The summed E-state index contributed by atoms with van der Waals surface area (Å²) in [4.78, 5) is 61.0. The van der Waals surface area contributed by atoms with Crippen LogP contribution >= 0.6 is 22.7 Å². The summed E-state index contributed by atoms with van der Waals surface area (Å²) in [5.41, 5.74) is 8.88. The minimum Gasteiger partial charge on any atom is -0.456 e. The van der Waals surface area contributed by atoms with Crippen LogP contribution in [0.3, 0.4) is 0 Å². The molecule has 0 bridgehead atoms. The predicted octanol–water partition coefficient (Wildman–Crippen LogP) is 8.44. The fraction of sp³-hybridized carbons (Fsp3) is 0.667. The monoisotopic (exact) mass is 1010 g/mol.